The summed E-state index contributed by atoms with van der Waals surface area (Å²) in [5.41, 5.74) is 1.19. The Labute approximate surface area is 102 Å². The molecule has 0 bridgehead atoms. The van der Waals surface area contributed by atoms with Crippen LogP contribution in [-0.2, 0) is 0 Å². The van der Waals surface area contributed by atoms with Gasteiger partial charge in [0, 0.05) is 17.4 Å². The van der Waals surface area contributed by atoms with E-state index < -0.39 is 0 Å². The van der Waals surface area contributed by atoms with Crippen LogP contribution in [-0.4, -0.2) is 9.55 Å². The van der Waals surface area contributed by atoms with E-state index in [4.69, 9.17) is 23.2 Å². The molecule has 82 valence electrons. The summed E-state index contributed by atoms with van der Waals surface area (Å²) in [5, 5.41) is 0.555. The van der Waals surface area contributed by atoms with Crippen LogP contribution in [0, 0.1) is 6.92 Å². The Bertz CT molecular complexity index is 593. The molecule has 1 heterocycles. The number of hydrogen-bond acceptors (Lipinski definition) is 2. The van der Waals surface area contributed by atoms with Crippen LogP contribution in [0.25, 0.3) is 5.69 Å². The van der Waals surface area contributed by atoms with Crippen LogP contribution in [0.2, 0.25) is 10.2 Å². The minimum Gasteiger partial charge on any atom is -0.280 e. The first-order valence-electron chi connectivity index (χ1n) is 4.60. The number of halogens is 2. The summed E-state index contributed by atoms with van der Waals surface area (Å²) in [7, 11) is 0. The lowest BCUT2D eigenvalue weighted by molar-refractivity contribution is 0.947. The number of aromatic nitrogens is 2. The van der Waals surface area contributed by atoms with E-state index in [0.29, 0.717) is 10.7 Å². The topological polar surface area (TPSA) is 34.9 Å². The molecule has 0 radical (unpaired) electrons. The van der Waals surface area contributed by atoms with Crippen LogP contribution in [0.3, 0.4) is 0 Å². The van der Waals surface area contributed by atoms with E-state index in [9.17, 15) is 4.79 Å². The van der Waals surface area contributed by atoms with Gasteiger partial charge in [-0.25, -0.2) is 4.98 Å². The van der Waals surface area contributed by atoms with Crippen LogP contribution in [0.4, 0.5) is 0 Å². The van der Waals surface area contributed by atoms with E-state index in [1.807, 2.05) is 6.92 Å². The summed E-state index contributed by atoms with van der Waals surface area (Å²) in [6, 6.07) is 5.36. The van der Waals surface area contributed by atoms with Crippen molar-refractivity contribution in [2.75, 3.05) is 0 Å². The lowest BCUT2D eigenvalue weighted by Crippen LogP contribution is -2.19. The molecule has 0 aliphatic rings. The van der Waals surface area contributed by atoms with Gasteiger partial charge in [-0.15, -0.1) is 0 Å². The molecule has 1 aromatic heterocycles. The van der Waals surface area contributed by atoms with Crippen molar-refractivity contribution in [3.8, 4) is 5.69 Å². The summed E-state index contributed by atoms with van der Waals surface area (Å²) in [4.78, 5) is 15.5. The van der Waals surface area contributed by atoms with Crippen molar-refractivity contribution in [3.05, 3.63) is 56.7 Å². The van der Waals surface area contributed by atoms with Gasteiger partial charge in [0.1, 0.15) is 0 Å². The molecule has 0 saturated heterocycles. The van der Waals surface area contributed by atoms with Crippen LogP contribution in [0.15, 0.2) is 35.4 Å². The predicted octanol–water partition coefficient (Wildman–Crippen LogP) is 2.85. The van der Waals surface area contributed by atoms with E-state index in [-0.39, 0.29) is 10.7 Å². The van der Waals surface area contributed by atoms with Gasteiger partial charge >= 0.3 is 0 Å². The molecule has 0 spiro atoms. The fourth-order valence-electron chi connectivity index (χ4n) is 1.43. The van der Waals surface area contributed by atoms with Crippen LogP contribution in [0.1, 0.15) is 5.56 Å². The summed E-state index contributed by atoms with van der Waals surface area (Å²) >= 11 is 11.7. The quantitative estimate of drug-likeness (QED) is 0.785. The average Bonchev–Trinajstić information content (AvgIpc) is 2.27. The highest BCUT2D eigenvalue weighted by Gasteiger charge is 2.07. The van der Waals surface area contributed by atoms with E-state index in [1.54, 1.807) is 24.4 Å². The first-order valence-corrected chi connectivity index (χ1v) is 5.35. The summed E-state index contributed by atoms with van der Waals surface area (Å²) in [6.45, 7) is 1.85. The Balaban J connectivity index is 2.73. The third-order valence-corrected chi connectivity index (χ3v) is 2.97. The summed E-state index contributed by atoms with van der Waals surface area (Å²) in [6.07, 6.45) is 3.04. The van der Waals surface area contributed by atoms with Crippen molar-refractivity contribution in [3.63, 3.8) is 0 Å². The lowest BCUT2D eigenvalue weighted by Gasteiger charge is -2.09. The monoisotopic (exact) mass is 254 g/mol. The largest absolute Gasteiger partial charge is 0.292 e. The number of rotatable bonds is 1. The van der Waals surface area contributed by atoms with Crippen molar-refractivity contribution in [1.29, 1.82) is 0 Å². The summed E-state index contributed by atoms with van der Waals surface area (Å²) in [5.74, 6) is 0. The highest BCUT2D eigenvalue weighted by molar-refractivity contribution is 6.31. The molecule has 0 amide bonds. The zero-order chi connectivity index (χ0) is 11.7. The number of nitrogens with zero attached hydrogens (tertiary/aromatic N) is 2. The molecule has 0 aliphatic heterocycles. The Morgan fingerprint density at radius 2 is 2.06 bits per heavy atom. The second-order valence-electron chi connectivity index (χ2n) is 3.28. The molecule has 0 unspecified atom stereocenters. The molecule has 2 aromatic rings. The smallest absolute Gasteiger partial charge is 0.280 e. The van der Waals surface area contributed by atoms with Crippen LogP contribution < -0.4 is 5.56 Å². The minimum absolute atomic E-state index is 0.0538. The van der Waals surface area contributed by atoms with Gasteiger partial charge in [-0.1, -0.05) is 29.3 Å². The first kappa shape index (κ1) is 11.2. The zero-order valence-corrected chi connectivity index (χ0v) is 9.96. The maximum Gasteiger partial charge on any atom is 0.292 e. The molecule has 1 aromatic carbocycles. The van der Waals surface area contributed by atoms with Crippen molar-refractivity contribution in [1.82, 2.24) is 9.55 Å². The second-order valence-corrected chi connectivity index (χ2v) is 4.04. The van der Waals surface area contributed by atoms with Crippen molar-refractivity contribution in [2.45, 2.75) is 6.92 Å². The highest BCUT2D eigenvalue weighted by atomic mass is 35.5. The Kier molecular flexibility index (Phi) is 2.99. The molecule has 2 rings (SSSR count). The maximum absolute atomic E-state index is 11.8. The zero-order valence-electron chi connectivity index (χ0n) is 8.45. The SMILES string of the molecule is Cc1c(Cl)cccc1-n1ccnc(Cl)c1=O. The Hall–Kier alpha value is -1.32. The van der Waals surface area contributed by atoms with Gasteiger partial charge in [-0.3, -0.25) is 9.36 Å². The van der Waals surface area contributed by atoms with Crippen molar-refractivity contribution in [2.24, 2.45) is 0 Å². The van der Waals surface area contributed by atoms with E-state index in [2.05, 4.69) is 4.98 Å². The third-order valence-electron chi connectivity index (χ3n) is 2.30. The molecule has 0 N–H and O–H groups in total. The normalized spacial score (nSPS) is 10.4. The first-order chi connectivity index (χ1) is 7.61. The molecule has 0 saturated carbocycles. The van der Waals surface area contributed by atoms with E-state index in [1.165, 1.54) is 10.8 Å². The molecular weight excluding hydrogens is 247 g/mol. The second kappa shape index (κ2) is 4.28. The molecule has 0 fully saturated rings. The Morgan fingerprint density at radius 3 is 2.81 bits per heavy atom. The Morgan fingerprint density at radius 1 is 1.31 bits per heavy atom. The molecule has 0 atom stereocenters. The third kappa shape index (κ3) is 1.84. The fourth-order valence-corrected chi connectivity index (χ4v) is 1.75. The van der Waals surface area contributed by atoms with Crippen LogP contribution >= 0.6 is 23.2 Å². The standard InChI is InChI=1S/C11H8Cl2N2O/c1-7-8(12)3-2-4-9(7)15-6-5-14-10(13)11(15)16/h2-6H,1H3. The molecule has 16 heavy (non-hydrogen) atoms. The van der Waals surface area contributed by atoms with Gasteiger partial charge in [-0.05, 0) is 24.6 Å². The molecule has 5 heteroatoms. The number of hydrogen-bond donors (Lipinski definition) is 0. The van der Waals surface area contributed by atoms with Gasteiger partial charge in [0.15, 0.2) is 5.15 Å². The van der Waals surface area contributed by atoms with E-state index in [0.717, 1.165) is 5.56 Å². The molecule has 3 nitrogen and oxygen atoms in total. The van der Waals surface area contributed by atoms with Gasteiger partial charge in [0.05, 0.1) is 5.69 Å². The maximum atomic E-state index is 11.8. The van der Waals surface area contributed by atoms with Crippen molar-refractivity contribution < 1.29 is 0 Å². The summed E-state index contributed by atoms with van der Waals surface area (Å²) < 4.78 is 1.43. The highest BCUT2D eigenvalue weighted by Crippen LogP contribution is 2.20. The predicted molar refractivity (Wildman–Crippen MR) is 64.6 cm³/mol. The van der Waals surface area contributed by atoms with Crippen molar-refractivity contribution >= 4 is 23.2 Å². The van der Waals surface area contributed by atoms with Gasteiger partial charge in [0.25, 0.3) is 5.56 Å². The molecule has 0 aliphatic carbocycles. The molecular formula is C11H8Cl2N2O. The van der Waals surface area contributed by atoms with Gasteiger partial charge in [-0.2, -0.15) is 0 Å². The lowest BCUT2D eigenvalue weighted by atomic mass is 10.2. The van der Waals surface area contributed by atoms with Gasteiger partial charge < -0.3 is 0 Å². The average molecular weight is 255 g/mol. The van der Waals surface area contributed by atoms with E-state index >= 15 is 0 Å². The van der Waals surface area contributed by atoms with Crippen LogP contribution in [0.5, 0.6) is 0 Å². The number of benzene rings is 1. The van der Waals surface area contributed by atoms with Gasteiger partial charge in [0.2, 0.25) is 0 Å². The fraction of sp³-hybridized carbons (Fsp3) is 0.0909. The minimum atomic E-state index is -0.352.